The van der Waals surface area contributed by atoms with E-state index in [2.05, 4.69) is 17.1 Å². The number of rotatable bonds is 4. The Morgan fingerprint density at radius 3 is 2.88 bits per heavy atom. The summed E-state index contributed by atoms with van der Waals surface area (Å²) in [7, 11) is 0. The molecule has 4 heteroatoms. The van der Waals surface area contributed by atoms with Gasteiger partial charge in [-0.15, -0.1) is 0 Å². The lowest BCUT2D eigenvalue weighted by Gasteiger charge is -2.27. The van der Waals surface area contributed by atoms with Crippen molar-refractivity contribution < 1.29 is 8.78 Å². The molecule has 1 atom stereocenters. The van der Waals surface area contributed by atoms with Crippen molar-refractivity contribution >= 4 is 0 Å². The topological polar surface area (TPSA) is 15.3 Å². The van der Waals surface area contributed by atoms with E-state index in [1.54, 1.807) is 0 Å². The first-order valence-corrected chi connectivity index (χ1v) is 6.09. The summed E-state index contributed by atoms with van der Waals surface area (Å²) in [5.74, 6) is -0.696. The van der Waals surface area contributed by atoms with Crippen molar-refractivity contribution in [2.75, 3.05) is 19.6 Å². The van der Waals surface area contributed by atoms with Crippen LogP contribution in [-0.4, -0.2) is 30.6 Å². The molecular weight excluding hydrogens is 222 g/mol. The monoisotopic (exact) mass is 240 g/mol. The SMILES string of the molecule is CCN(Cc1cc(F)ccc1F)C1CCNC1. The molecule has 1 heterocycles. The van der Waals surface area contributed by atoms with Crippen LogP contribution in [0.4, 0.5) is 8.78 Å². The largest absolute Gasteiger partial charge is 0.315 e. The second kappa shape index (κ2) is 5.56. The second-order valence-corrected chi connectivity index (χ2v) is 4.45. The van der Waals surface area contributed by atoms with E-state index in [4.69, 9.17) is 0 Å². The van der Waals surface area contributed by atoms with Crippen molar-refractivity contribution in [1.82, 2.24) is 10.2 Å². The predicted octanol–water partition coefficient (Wildman–Crippen LogP) is 2.15. The molecule has 1 aliphatic heterocycles. The average molecular weight is 240 g/mol. The molecule has 0 spiro atoms. The van der Waals surface area contributed by atoms with E-state index >= 15 is 0 Å². The summed E-state index contributed by atoms with van der Waals surface area (Å²) in [5, 5.41) is 3.29. The predicted molar refractivity (Wildman–Crippen MR) is 63.7 cm³/mol. The number of nitrogens with one attached hydrogen (secondary N) is 1. The minimum Gasteiger partial charge on any atom is -0.315 e. The van der Waals surface area contributed by atoms with Crippen molar-refractivity contribution in [1.29, 1.82) is 0 Å². The maximum atomic E-state index is 13.5. The third kappa shape index (κ3) is 3.01. The van der Waals surface area contributed by atoms with E-state index in [1.165, 1.54) is 12.1 Å². The van der Waals surface area contributed by atoms with Crippen LogP contribution in [0.2, 0.25) is 0 Å². The molecule has 1 aromatic rings. The summed E-state index contributed by atoms with van der Waals surface area (Å²) in [4.78, 5) is 2.19. The Morgan fingerprint density at radius 2 is 2.24 bits per heavy atom. The van der Waals surface area contributed by atoms with E-state index in [-0.39, 0.29) is 11.6 Å². The molecule has 0 saturated carbocycles. The molecule has 1 unspecified atom stereocenters. The van der Waals surface area contributed by atoms with Gasteiger partial charge in [0.25, 0.3) is 0 Å². The Kier molecular flexibility index (Phi) is 4.07. The molecule has 0 aliphatic carbocycles. The van der Waals surface area contributed by atoms with Gasteiger partial charge in [-0.25, -0.2) is 8.78 Å². The van der Waals surface area contributed by atoms with Crippen molar-refractivity contribution in [3.05, 3.63) is 35.4 Å². The summed E-state index contributed by atoms with van der Waals surface area (Å²) < 4.78 is 26.6. The molecule has 1 saturated heterocycles. The zero-order valence-corrected chi connectivity index (χ0v) is 10.0. The number of likely N-dealkylation sites (N-methyl/N-ethyl adjacent to an activating group) is 1. The van der Waals surface area contributed by atoms with E-state index < -0.39 is 0 Å². The molecule has 0 radical (unpaired) electrons. The molecule has 0 bridgehead atoms. The molecule has 2 nitrogen and oxygen atoms in total. The van der Waals surface area contributed by atoms with E-state index in [0.717, 1.165) is 32.1 Å². The Balaban J connectivity index is 2.09. The van der Waals surface area contributed by atoms with Crippen LogP contribution in [0.3, 0.4) is 0 Å². The van der Waals surface area contributed by atoms with Gasteiger partial charge in [0.05, 0.1) is 0 Å². The lowest BCUT2D eigenvalue weighted by atomic mass is 10.1. The molecule has 1 N–H and O–H groups in total. The summed E-state index contributed by atoms with van der Waals surface area (Å²) in [6, 6.07) is 4.08. The Morgan fingerprint density at radius 1 is 1.41 bits per heavy atom. The van der Waals surface area contributed by atoms with Crippen LogP contribution in [0.1, 0.15) is 18.9 Å². The first-order valence-electron chi connectivity index (χ1n) is 6.09. The number of halogens is 2. The third-order valence-corrected chi connectivity index (χ3v) is 3.34. The minimum atomic E-state index is -0.373. The average Bonchev–Trinajstić information content (AvgIpc) is 2.84. The summed E-state index contributed by atoms with van der Waals surface area (Å²) in [5.41, 5.74) is 0.443. The summed E-state index contributed by atoms with van der Waals surface area (Å²) in [6.45, 7) is 5.32. The fourth-order valence-electron chi connectivity index (χ4n) is 2.33. The van der Waals surface area contributed by atoms with Gasteiger partial charge in [-0.05, 0) is 37.7 Å². The van der Waals surface area contributed by atoms with Crippen molar-refractivity contribution in [3.8, 4) is 0 Å². The van der Waals surface area contributed by atoms with Crippen LogP contribution < -0.4 is 5.32 Å². The fraction of sp³-hybridized carbons (Fsp3) is 0.538. The van der Waals surface area contributed by atoms with Crippen LogP contribution in [0, 0.1) is 11.6 Å². The van der Waals surface area contributed by atoms with Gasteiger partial charge in [-0.2, -0.15) is 0 Å². The number of hydrogen-bond acceptors (Lipinski definition) is 2. The van der Waals surface area contributed by atoms with Gasteiger partial charge in [0.1, 0.15) is 11.6 Å². The van der Waals surface area contributed by atoms with Crippen molar-refractivity contribution in [2.45, 2.75) is 25.9 Å². The Hall–Kier alpha value is -1.00. The van der Waals surface area contributed by atoms with Crippen LogP contribution >= 0.6 is 0 Å². The molecular formula is C13H18F2N2. The Bertz CT molecular complexity index is 376. The highest BCUT2D eigenvalue weighted by Gasteiger charge is 2.21. The van der Waals surface area contributed by atoms with Gasteiger partial charge in [0.2, 0.25) is 0 Å². The quantitative estimate of drug-likeness (QED) is 0.867. The van der Waals surface area contributed by atoms with Gasteiger partial charge < -0.3 is 5.32 Å². The van der Waals surface area contributed by atoms with Gasteiger partial charge in [-0.3, -0.25) is 4.90 Å². The number of hydrogen-bond donors (Lipinski definition) is 1. The number of benzene rings is 1. The van der Waals surface area contributed by atoms with Crippen LogP contribution in [-0.2, 0) is 6.54 Å². The minimum absolute atomic E-state index is 0.323. The fourth-order valence-corrected chi connectivity index (χ4v) is 2.33. The molecule has 94 valence electrons. The van der Waals surface area contributed by atoms with E-state index in [0.29, 0.717) is 18.2 Å². The molecule has 2 rings (SSSR count). The molecule has 0 aromatic heterocycles. The maximum absolute atomic E-state index is 13.5. The summed E-state index contributed by atoms with van der Waals surface area (Å²) >= 11 is 0. The first-order chi connectivity index (χ1) is 8.20. The van der Waals surface area contributed by atoms with Crippen LogP contribution in [0.5, 0.6) is 0 Å². The Labute approximate surface area is 101 Å². The normalized spacial score (nSPS) is 20.1. The standard InChI is InChI=1S/C13H18F2N2/c1-2-17(12-5-6-16-8-12)9-10-7-11(14)3-4-13(10)15/h3-4,7,12,16H,2,5-6,8-9H2,1H3. The molecule has 1 aromatic carbocycles. The van der Waals surface area contributed by atoms with Crippen LogP contribution in [0.25, 0.3) is 0 Å². The number of nitrogens with zero attached hydrogens (tertiary/aromatic N) is 1. The zero-order valence-electron chi connectivity index (χ0n) is 10.0. The molecule has 0 amide bonds. The van der Waals surface area contributed by atoms with Gasteiger partial charge >= 0.3 is 0 Å². The second-order valence-electron chi connectivity index (χ2n) is 4.45. The van der Waals surface area contributed by atoms with Gasteiger partial charge in [0, 0.05) is 24.7 Å². The third-order valence-electron chi connectivity index (χ3n) is 3.34. The maximum Gasteiger partial charge on any atom is 0.127 e. The highest BCUT2D eigenvalue weighted by molar-refractivity contribution is 5.18. The van der Waals surface area contributed by atoms with E-state index in [1.807, 2.05) is 0 Å². The van der Waals surface area contributed by atoms with Crippen LogP contribution in [0.15, 0.2) is 18.2 Å². The van der Waals surface area contributed by atoms with Gasteiger partial charge in [-0.1, -0.05) is 6.92 Å². The smallest absolute Gasteiger partial charge is 0.127 e. The highest BCUT2D eigenvalue weighted by Crippen LogP contribution is 2.16. The van der Waals surface area contributed by atoms with E-state index in [9.17, 15) is 8.78 Å². The zero-order chi connectivity index (χ0) is 12.3. The lowest BCUT2D eigenvalue weighted by molar-refractivity contribution is 0.207. The first kappa shape index (κ1) is 12.5. The van der Waals surface area contributed by atoms with Crippen molar-refractivity contribution in [3.63, 3.8) is 0 Å². The molecule has 1 aliphatic rings. The summed E-state index contributed by atoms with van der Waals surface area (Å²) in [6.07, 6.45) is 1.07. The lowest BCUT2D eigenvalue weighted by Crippen LogP contribution is -2.36. The molecule has 1 fully saturated rings. The van der Waals surface area contributed by atoms with Crippen molar-refractivity contribution in [2.24, 2.45) is 0 Å². The highest BCUT2D eigenvalue weighted by atomic mass is 19.1. The van der Waals surface area contributed by atoms with Gasteiger partial charge in [0.15, 0.2) is 0 Å². The molecule has 17 heavy (non-hydrogen) atoms.